The van der Waals surface area contributed by atoms with E-state index in [1.54, 1.807) is 0 Å². The molecule has 0 aliphatic rings. The summed E-state index contributed by atoms with van der Waals surface area (Å²) in [5.74, 6) is 4.32. The zero-order valence-corrected chi connectivity index (χ0v) is 7.45. The predicted molar refractivity (Wildman–Crippen MR) is 53.7 cm³/mol. The lowest BCUT2D eigenvalue weighted by Crippen LogP contribution is -1.99. The van der Waals surface area contributed by atoms with Gasteiger partial charge in [-0.15, -0.1) is 0 Å². The Hall–Kier alpha value is -1.99. The molecule has 0 aromatic heterocycles. The highest BCUT2D eigenvalue weighted by atomic mass is 16.4. The molecule has 4 heteroatoms. The van der Waals surface area contributed by atoms with Gasteiger partial charge in [-0.1, -0.05) is 11.8 Å². The molecule has 4 nitrogen and oxygen atoms in total. The Labute approximate surface area is 81.5 Å². The first kappa shape index (κ1) is 10.1. The van der Waals surface area contributed by atoms with Gasteiger partial charge in [-0.3, -0.25) is 0 Å². The Morgan fingerprint density at radius 1 is 1.50 bits per heavy atom. The summed E-state index contributed by atoms with van der Waals surface area (Å²) in [6.45, 7) is 0.219. The number of carbonyl (C=O) groups is 1. The van der Waals surface area contributed by atoms with Crippen molar-refractivity contribution in [3.8, 4) is 11.8 Å². The molecule has 0 atom stereocenters. The highest BCUT2D eigenvalue weighted by molar-refractivity contribution is 5.88. The third-order valence-corrected chi connectivity index (χ3v) is 1.63. The fourth-order valence-electron chi connectivity index (χ4n) is 0.944. The summed E-state index contributed by atoms with van der Waals surface area (Å²) >= 11 is 0. The zero-order chi connectivity index (χ0) is 10.6. The lowest BCUT2D eigenvalue weighted by atomic mass is 10.1. The van der Waals surface area contributed by atoms with E-state index in [4.69, 9.17) is 16.6 Å². The number of hydrogen-bond donors (Lipinski definition) is 3. The van der Waals surface area contributed by atoms with Gasteiger partial charge in [0.25, 0.3) is 0 Å². The number of nitrogen functional groups attached to an aromatic ring is 1. The van der Waals surface area contributed by atoms with E-state index >= 15 is 0 Å². The van der Waals surface area contributed by atoms with Crippen LogP contribution in [0.4, 0.5) is 5.69 Å². The molecule has 0 amide bonds. The highest BCUT2D eigenvalue weighted by Gasteiger charge is 2.04. The van der Waals surface area contributed by atoms with Crippen molar-refractivity contribution in [2.45, 2.75) is 0 Å². The van der Waals surface area contributed by atoms with Gasteiger partial charge in [0.2, 0.25) is 0 Å². The highest BCUT2D eigenvalue weighted by Crippen LogP contribution is 2.12. The van der Waals surface area contributed by atoms with E-state index in [1.165, 1.54) is 18.2 Å². The quantitative estimate of drug-likeness (QED) is 0.438. The summed E-state index contributed by atoms with van der Waals surface area (Å²) in [4.78, 5) is 10.6. The molecule has 0 radical (unpaired) electrons. The van der Waals surface area contributed by atoms with Crippen LogP contribution in [0.15, 0.2) is 18.2 Å². The maximum atomic E-state index is 10.6. The number of rotatable bonds is 1. The SMILES string of the molecule is NCC#Cc1cc(C(=O)O)ccc1N. The summed E-state index contributed by atoms with van der Waals surface area (Å²) in [5, 5.41) is 8.71. The van der Waals surface area contributed by atoms with E-state index in [-0.39, 0.29) is 12.1 Å². The minimum Gasteiger partial charge on any atom is -0.478 e. The van der Waals surface area contributed by atoms with Gasteiger partial charge in [-0.25, -0.2) is 4.79 Å². The van der Waals surface area contributed by atoms with Crippen molar-refractivity contribution in [1.82, 2.24) is 0 Å². The second kappa shape index (κ2) is 4.30. The Balaban J connectivity index is 3.14. The van der Waals surface area contributed by atoms with Gasteiger partial charge >= 0.3 is 5.97 Å². The molecular weight excluding hydrogens is 180 g/mol. The van der Waals surface area contributed by atoms with Crippen LogP contribution in [0.1, 0.15) is 15.9 Å². The van der Waals surface area contributed by atoms with Crippen molar-refractivity contribution in [3.63, 3.8) is 0 Å². The Bertz CT molecular complexity index is 416. The zero-order valence-electron chi connectivity index (χ0n) is 7.45. The monoisotopic (exact) mass is 190 g/mol. The van der Waals surface area contributed by atoms with Crippen molar-refractivity contribution in [2.24, 2.45) is 5.73 Å². The topological polar surface area (TPSA) is 89.3 Å². The van der Waals surface area contributed by atoms with Gasteiger partial charge in [0.1, 0.15) is 0 Å². The normalized spacial score (nSPS) is 8.93. The third-order valence-electron chi connectivity index (χ3n) is 1.63. The minimum absolute atomic E-state index is 0.167. The van der Waals surface area contributed by atoms with Gasteiger partial charge in [0, 0.05) is 11.3 Å². The van der Waals surface area contributed by atoms with E-state index in [0.29, 0.717) is 11.3 Å². The first-order valence-corrected chi connectivity index (χ1v) is 3.97. The van der Waals surface area contributed by atoms with Gasteiger partial charge in [-0.05, 0) is 18.2 Å². The molecule has 1 aromatic rings. The summed E-state index contributed by atoms with van der Waals surface area (Å²) in [6.07, 6.45) is 0. The molecule has 14 heavy (non-hydrogen) atoms. The molecule has 0 saturated carbocycles. The van der Waals surface area contributed by atoms with Crippen LogP contribution in [-0.2, 0) is 0 Å². The van der Waals surface area contributed by atoms with E-state index in [9.17, 15) is 4.79 Å². The molecule has 0 unspecified atom stereocenters. The van der Waals surface area contributed by atoms with Crippen LogP contribution in [-0.4, -0.2) is 17.6 Å². The Morgan fingerprint density at radius 2 is 2.21 bits per heavy atom. The van der Waals surface area contributed by atoms with E-state index < -0.39 is 5.97 Å². The molecule has 0 fully saturated rings. The second-order valence-corrected chi connectivity index (χ2v) is 2.61. The fraction of sp³-hybridized carbons (Fsp3) is 0.100. The van der Waals surface area contributed by atoms with Crippen LogP contribution < -0.4 is 11.5 Å². The first-order valence-electron chi connectivity index (χ1n) is 3.97. The van der Waals surface area contributed by atoms with Crippen LogP contribution in [0, 0.1) is 11.8 Å². The van der Waals surface area contributed by atoms with Crippen LogP contribution in [0.25, 0.3) is 0 Å². The van der Waals surface area contributed by atoms with E-state index in [1.807, 2.05) is 0 Å². The number of carboxylic acid groups (broad SMARTS) is 1. The predicted octanol–water partition coefficient (Wildman–Crippen LogP) is 0.277. The summed E-state index contributed by atoms with van der Waals surface area (Å²) in [5.41, 5.74) is 11.9. The standard InChI is InChI=1S/C10H10N2O2/c11-5-1-2-7-6-8(10(13)14)3-4-9(7)12/h3-4,6H,5,11-12H2,(H,13,14). The van der Waals surface area contributed by atoms with Gasteiger partial charge in [0.15, 0.2) is 0 Å². The lowest BCUT2D eigenvalue weighted by molar-refractivity contribution is 0.0697. The van der Waals surface area contributed by atoms with Crippen LogP contribution in [0.5, 0.6) is 0 Å². The Kier molecular flexibility index (Phi) is 3.10. The maximum Gasteiger partial charge on any atom is 0.335 e. The molecule has 72 valence electrons. The van der Waals surface area contributed by atoms with Crippen molar-refractivity contribution in [3.05, 3.63) is 29.3 Å². The molecule has 0 spiro atoms. The van der Waals surface area contributed by atoms with Crippen LogP contribution in [0.3, 0.4) is 0 Å². The second-order valence-electron chi connectivity index (χ2n) is 2.61. The number of benzene rings is 1. The number of carboxylic acids is 1. The molecule has 1 rings (SSSR count). The lowest BCUT2D eigenvalue weighted by Gasteiger charge is -1.99. The van der Waals surface area contributed by atoms with E-state index in [0.717, 1.165) is 0 Å². The van der Waals surface area contributed by atoms with Gasteiger partial charge in [-0.2, -0.15) is 0 Å². The molecular formula is C10H10N2O2. The largest absolute Gasteiger partial charge is 0.478 e. The molecule has 5 N–H and O–H groups in total. The fourth-order valence-corrected chi connectivity index (χ4v) is 0.944. The molecule has 0 aliphatic heterocycles. The van der Waals surface area contributed by atoms with Gasteiger partial charge < -0.3 is 16.6 Å². The summed E-state index contributed by atoms with van der Waals surface area (Å²) in [6, 6.07) is 4.38. The Morgan fingerprint density at radius 3 is 2.79 bits per heavy atom. The average molecular weight is 190 g/mol. The smallest absolute Gasteiger partial charge is 0.335 e. The molecule has 0 heterocycles. The number of aromatic carboxylic acids is 1. The molecule has 0 saturated heterocycles. The number of hydrogen-bond acceptors (Lipinski definition) is 3. The minimum atomic E-state index is -0.999. The van der Waals surface area contributed by atoms with Crippen LogP contribution in [0.2, 0.25) is 0 Å². The molecule has 0 aliphatic carbocycles. The van der Waals surface area contributed by atoms with Crippen molar-refractivity contribution < 1.29 is 9.90 Å². The number of nitrogens with two attached hydrogens (primary N) is 2. The van der Waals surface area contributed by atoms with E-state index in [2.05, 4.69) is 11.8 Å². The van der Waals surface area contributed by atoms with Crippen LogP contribution >= 0.6 is 0 Å². The summed E-state index contributed by atoms with van der Waals surface area (Å²) in [7, 11) is 0. The maximum absolute atomic E-state index is 10.6. The molecule has 0 bridgehead atoms. The average Bonchev–Trinajstić information content (AvgIpc) is 2.16. The summed E-state index contributed by atoms with van der Waals surface area (Å²) < 4.78 is 0. The van der Waals surface area contributed by atoms with Crippen molar-refractivity contribution in [1.29, 1.82) is 0 Å². The number of anilines is 1. The first-order chi connectivity index (χ1) is 6.65. The van der Waals surface area contributed by atoms with Crippen molar-refractivity contribution >= 4 is 11.7 Å². The van der Waals surface area contributed by atoms with Gasteiger partial charge in [0.05, 0.1) is 12.1 Å². The van der Waals surface area contributed by atoms with Crippen molar-refractivity contribution in [2.75, 3.05) is 12.3 Å². The third kappa shape index (κ3) is 2.25. The molecule has 1 aromatic carbocycles.